The van der Waals surface area contributed by atoms with Crippen molar-refractivity contribution in [3.63, 3.8) is 0 Å². The van der Waals surface area contributed by atoms with Crippen LogP contribution in [0.15, 0.2) is 60.8 Å². The Bertz CT molecular complexity index is 3230. The number of hydrogen-bond donors (Lipinski definition) is 18. The quantitative estimate of drug-likeness (QED) is 0.0199. The topological polar surface area (TPSA) is 518 Å². The number of guanidine groups is 1. The van der Waals surface area contributed by atoms with Gasteiger partial charge in [0.15, 0.2) is 5.96 Å². The number of nitrogens with one attached hydrogen (secondary N) is 13. The highest BCUT2D eigenvalue weighted by atomic mass is 16.4. The number of fused-ring (bicyclic) bond motifs is 1. The van der Waals surface area contributed by atoms with Crippen molar-refractivity contribution >= 4 is 93.7 Å². The van der Waals surface area contributed by atoms with Crippen molar-refractivity contribution in [3.8, 4) is 0 Å². The van der Waals surface area contributed by atoms with Crippen LogP contribution in [0.3, 0.4) is 0 Å². The number of carbonyl (C=O) groups excluding carboxylic acids is 12. The summed E-state index contributed by atoms with van der Waals surface area (Å²) in [5.41, 5.74) is 23.8. The molecule has 0 radical (unpaired) electrons. The number of rotatable bonds is 45. The first kappa shape index (κ1) is 83.5. The largest absolute Gasteiger partial charge is 0.481 e. The Morgan fingerprint density at radius 2 is 0.960 bits per heavy atom. The lowest BCUT2D eigenvalue weighted by Crippen LogP contribution is -2.62. The first-order valence-electron chi connectivity index (χ1n) is 33.9. The van der Waals surface area contributed by atoms with E-state index >= 15 is 0 Å². The van der Waals surface area contributed by atoms with Gasteiger partial charge in [-0.1, -0.05) is 117 Å². The second-order valence-corrected chi connectivity index (χ2v) is 26.4. The van der Waals surface area contributed by atoms with Gasteiger partial charge in [0.1, 0.15) is 60.4 Å². The van der Waals surface area contributed by atoms with Gasteiger partial charge >= 0.3 is 5.97 Å². The summed E-state index contributed by atoms with van der Waals surface area (Å²) in [6.45, 7) is 17.7. The van der Waals surface area contributed by atoms with Crippen molar-refractivity contribution in [2.24, 2.45) is 52.5 Å². The molecular formula is C68H107N17O14. The lowest BCUT2D eigenvalue weighted by molar-refractivity contribution is -0.139. The molecule has 3 rings (SSSR count). The molecule has 0 fully saturated rings. The van der Waals surface area contributed by atoms with Crippen LogP contribution in [0.25, 0.3) is 10.9 Å². The number of hydrogen-bond acceptors (Lipinski definition) is 15. The number of carboxylic acid groups (broad SMARTS) is 1. The fourth-order valence-corrected chi connectivity index (χ4v) is 10.5. The second-order valence-electron chi connectivity index (χ2n) is 26.4. The summed E-state index contributed by atoms with van der Waals surface area (Å²) < 4.78 is 0. The number of aliphatic carboxylic acids is 1. The van der Waals surface area contributed by atoms with Crippen molar-refractivity contribution < 1.29 is 67.4 Å². The fraction of sp³-hybridized carbons (Fsp3) is 0.588. The molecule has 1 aromatic heterocycles. The Morgan fingerprint density at radius 3 is 1.47 bits per heavy atom. The summed E-state index contributed by atoms with van der Waals surface area (Å²) in [5.74, 6) is -13.5. The van der Waals surface area contributed by atoms with Crippen LogP contribution in [0.5, 0.6) is 0 Å². The molecule has 31 heteroatoms. The number of unbranched alkanes of at least 4 members (excludes halogenated alkanes) is 1. The molecule has 2 aromatic carbocycles. The minimum absolute atomic E-state index is 0.0341. The Labute approximate surface area is 578 Å². The molecule has 1 heterocycles. The molecule has 548 valence electrons. The molecule has 12 amide bonds. The molecule has 31 nitrogen and oxygen atoms in total. The predicted molar refractivity (Wildman–Crippen MR) is 371 cm³/mol. The van der Waals surface area contributed by atoms with Crippen LogP contribution in [0, 0.1) is 35.0 Å². The van der Waals surface area contributed by atoms with Crippen molar-refractivity contribution in [3.05, 3.63) is 71.9 Å². The average molecular weight is 1390 g/mol. The summed E-state index contributed by atoms with van der Waals surface area (Å²) in [5, 5.41) is 47.5. The number of H-pyrrole nitrogens is 1. The van der Waals surface area contributed by atoms with Crippen LogP contribution in [-0.4, -0.2) is 166 Å². The van der Waals surface area contributed by atoms with Gasteiger partial charge in [0, 0.05) is 48.8 Å². The van der Waals surface area contributed by atoms with E-state index in [-0.39, 0.29) is 94.1 Å². The molecule has 0 aliphatic rings. The van der Waals surface area contributed by atoms with E-state index in [0.29, 0.717) is 34.9 Å². The SMILES string of the molecule is CC[C@H](C)[C@H](NC(=O)[C@H](Cc1ccccc1)NC(=O)[C@H](CC(C)C)NC(=O)[C@@H](CCCNC(=N)N)NC(=O)[C@@H](C)C(C)C)C(=O)N[C@@H](CCC(=O)O)C(=O)N[C@@H](Cc1c[nH]c2ccccc12)C(=O)N[C@@H](CC(C)C)C(=O)N[C@@H](CCCCN)C(=O)N[C@@H](CC(N)=O)C(=O)N[C@H](C)C(N)=O. The highest BCUT2D eigenvalue weighted by Crippen LogP contribution is 2.21. The van der Waals surface area contributed by atoms with Crippen molar-refractivity contribution in [2.75, 3.05) is 13.1 Å². The van der Waals surface area contributed by atoms with Gasteiger partial charge in [0.05, 0.1) is 6.42 Å². The third kappa shape index (κ3) is 29.5. The fourth-order valence-electron chi connectivity index (χ4n) is 10.5. The Balaban J connectivity index is 2.07. The number of aromatic amines is 1. The first-order chi connectivity index (χ1) is 46.6. The summed E-state index contributed by atoms with van der Waals surface area (Å²) in [6.07, 6.45) is 0.742. The minimum atomic E-state index is -1.69. The Hall–Kier alpha value is -9.68. The molecule has 0 unspecified atom stereocenters. The number of carboxylic acids is 1. The first-order valence-corrected chi connectivity index (χ1v) is 33.9. The minimum Gasteiger partial charge on any atom is -0.481 e. The number of primary amides is 2. The number of amides is 12. The van der Waals surface area contributed by atoms with E-state index in [1.54, 1.807) is 95.4 Å². The zero-order valence-electron chi connectivity index (χ0n) is 58.6. The maximum atomic E-state index is 15.0. The van der Waals surface area contributed by atoms with Crippen molar-refractivity contribution in [1.82, 2.24) is 63.5 Å². The number of aromatic nitrogens is 1. The van der Waals surface area contributed by atoms with E-state index in [2.05, 4.69) is 63.5 Å². The highest BCUT2D eigenvalue weighted by molar-refractivity contribution is 6.00. The zero-order chi connectivity index (χ0) is 74.2. The molecule has 0 saturated carbocycles. The van der Waals surface area contributed by atoms with Gasteiger partial charge < -0.3 is 91.5 Å². The van der Waals surface area contributed by atoms with Crippen LogP contribution in [0.4, 0.5) is 0 Å². The molecule has 0 saturated heterocycles. The molecule has 0 aliphatic carbocycles. The normalized spacial score (nSPS) is 14.9. The third-order valence-electron chi connectivity index (χ3n) is 16.8. The van der Waals surface area contributed by atoms with Gasteiger partial charge in [0.25, 0.3) is 0 Å². The van der Waals surface area contributed by atoms with E-state index in [1.807, 2.05) is 27.7 Å². The summed E-state index contributed by atoms with van der Waals surface area (Å²) in [4.78, 5) is 183. The van der Waals surface area contributed by atoms with E-state index < -0.39 is 162 Å². The van der Waals surface area contributed by atoms with E-state index in [1.165, 1.54) is 6.92 Å². The summed E-state index contributed by atoms with van der Waals surface area (Å²) >= 11 is 0. The monoisotopic (exact) mass is 1390 g/mol. The standard InChI is InChI=1S/C68H107N17O14/c1-11-39(8)56(85-66(98)51(32-42-20-13-12-14-21-42)82-64(96)50(31-37(4)5)80-60(92)47(25-19-29-74-68(72)73)77-58(90)40(9)38(6)7)67(99)79-48(26-27-55(87)88)61(93)83-52(33-43-35-75-45-23-16-15-22-44(43)45)65(97)81-49(30-36(2)3)63(95)78-46(24-17-18-28-69)59(91)84-53(34-54(70)86)62(94)76-41(10)57(71)89/h12-16,20-23,35-41,46-53,56,75H,11,17-19,24-34,69H2,1-10H3,(H2,70,86)(H2,71,89)(H,76,94)(H,77,90)(H,78,95)(H,79,99)(H,80,92)(H,81,97)(H,82,96)(H,83,93)(H,84,91)(H,85,98)(H,87,88)(H4,72,73,74)/t39-,40-,41+,46-,47+,48-,49-,50-,51-,52-,53-,56-/m0/s1. The highest BCUT2D eigenvalue weighted by Gasteiger charge is 2.38. The Morgan fingerprint density at radius 1 is 0.505 bits per heavy atom. The Kier molecular flexibility index (Phi) is 35.6. The van der Waals surface area contributed by atoms with E-state index in [4.69, 9.17) is 28.3 Å². The van der Waals surface area contributed by atoms with Crippen LogP contribution >= 0.6 is 0 Å². The number of benzene rings is 2. The van der Waals surface area contributed by atoms with Gasteiger partial charge in [0.2, 0.25) is 70.9 Å². The van der Waals surface area contributed by atoms with Gasteiger partial charge in [-0.25, -0.2) is 0 Å². The molecule has 0 aliphatic heterocycles. The van der Waals surface area contributed by atoms with Crippen LogP contribution in [-0.2, 0) is 75.2 Å². The third-order valence-corrected chi connectivity index (χ3v) is 16.8. The summed E-state index contributed by atoms with van der Waals surface area (Å²) in [6, 6.07) is 1.64. The summed E-state index contributed by atoms with van der Waals surface area (Å²) in [7, 11) is 0. The van der Waals surface area contributed by atoms with Gasteiger partial charge in [-0.2, -0.15) is 0 Å². The maximum Gasteiger partial charge on any atom is 0.303 e. The van der Waals surface area contributed by atoms with Crippen LogP contribution in [0.2, 0.25) is 0 Å². The number of para-hydroxylation sites is 1. The van der Waals surface area contributed by atoms with Crippen molar-refractivity contribution in [2.45, 2.75) is 213 Å². The van der Waals surface area contributed by atoms with Crippen molar-refractivity contribution in [1.29, 1.82) is 5.41 Å². The molecule has 12 atom stereocenters. The second kappa shape index (κ2) is 42.2. The molecule has 0 spiro atoms. The maximum absolute atomic E-state index is 15.0. The molecule has 0 bridgehead atoms. The van der Waals surface area contributed by atoms with E-state index in [9.17, 15) is 67.4 Å². The lowest BCUT2D eigenvalue weighted by atomic mass is 9.96. The van der Waals surface area contributed by atoms with Crippen LogP contribution in [0.1, 0.15) is 151 Å². The predicted octanol–water partition coefficient (Wildman–Crippen LogP) is -0.131. The van der Waals surface area contributed by atoms with Crippen LogP contribution < -0.4 is 81.4 Å². The molecule has 99 heavy (non-hydrogen) atoms. The molecule has 22 N–H and O–H groups in total. The van der Waals surface area contributed by atoms with Gasteiger partial charge in [-0.15, -0.1) is 0 Å². The number of carbonyl (C=O) groups is 13. The molecule has 3 aromatic rings. The van der Waals surface area contributed by atoms with Gasteiger partial charge in [-0.05, 0) is 106 Å². The molecular weight excluding hydrogens is 1280 g/mol. The van der Waals surface area contributed by atoms with E-state index in [0.717, 1.165) is 0 Å². The lowest BCUT2D eigenvalue weighted by Gasteiger charge is -2.30. The smallest absolute Gasteiger partial charge is 0.303 e. The average Bonchev–Trinajstić information content (AvgIpc) is 1.75. The number of nitrogens with two attached hydrogens (primary N) is 4. The zero-order valence-corrected chi connectivity index (χ0v) is 58.6. The van der Waals surface area contributed by atoms with Gasteiger partial charge in [-0.3, -0.25) is 67.7 Å².